The minimum atomic E-state index is -0.698. The predicted octanol–water partition coefficient (Wildman–Crippen LogP) is 3.30. The molecule has 8 nitrogen and oxygen atoms in total. The van der Waals surface area contributed by atoms with Gasteiger partial charge >= 0.3 is 0 Å². The van der Waals surface area contributed by atoms with E-state index >= 15 is 0 Å². The average molecular weight is 424 g/mol. The monoisotopic (exact) mass is 423 g/mol. The summed E-state index contributed by atoms with van der Waals surface area (Å²) in [4.78, 5) is 23.6. The molecule has 0 saturated carbocycles. The van der Waals surface area contributed by atoms with Crippen molar-refractivity contribution in [2.75, 3.05) is 0 Å². The molecule has 0 radical (unpaired) electrons. The van der Waals surface area contributed by atoms with Crippen molar-refractivity contribution in [3.8, 4) is 17.3 Å². The lowest BCUT2D eigenvalue weighted by atomic mass is 10.1. The minimum absolute atomic E-state index is 0.0315. The summed E-state index contributed by atoms with van der Waals surface area (Å²) in [5, 5.41) is 16.2. The van der Waals surface area contributed by atoms with E-state index in [2.05, 4.69) is 25.4 Å². The molecule has 0 aliphatic rings. The summed E-state index contributed by atoms with van der Waals surface area (Å²) in [6, 6.07) is 9.28. The summed E-state index contributed by atoms with van der Waals surface area (Å²) in [6.07, 6.45) is 3.24. The highest BCUT2D eigenvalue weighted by Crippen LogP contribution is 2.26. The zero-order valence-electron chi connectivity index (χ0n) is 15.7. The summed E-state index contributed by atoms with van der Waals surface area (Å²) in [5.74, 6) is -1.02. The fraction of sp³-hybridized carbons (Fsp3) is 0.150. The first-order valence-corrected chi connectivity index (χ1v) is 9.36. The summed E-state index contributed by atoms with van der Waals surface area (Å²) >= 11 is 5.96. The van der Waals surface area contributed by atoms with Gasteiger partial charge in [-0.25, -0.2) is 14.4 Å². The molecular weight excluding hydrogens is 409 g/mol. The van der Waals surface area contributed by atoms with Crippen molar-refractivity contribution < 1.29 is 9.18 Å². The quantitative estimate of drug-likeness (QED) is 0.511. The van der Waals surface area contributed by atoms with E-state index in [4.69, 9.17) is 16.9 Å². The number of aromatic amines is 1. The molecule has 3 aromatic heterocycles. The second-order valence-corrected chi connectivity index (χ2v) is 7.10. The molecule has 0 spiro atoms. The number of halogens is 2. The van der Waals surface area contributed by atoms with Crippen LogP contribution in [-0.4, -0.2) is 36.7 Å². The van der Waals surface area contributed by atoms with Gasteiger partial charge < -0.3 is 10.3 Å². The lowest BCUT2D eigenvalue weighted by Gasteiger charge is -2.13. The number of amides is 1. The van der Waals surface area contributed by atoms with Crippen LogP contribution in [0.2, 0.25) is 5.02 Å². The number of hydrogen-bond donors (Lipinski definition) is 2. The number of imidazole rings is 1. The summed E-state index contributed by atoms with van der Waals surface area (Å²) in [5.41, 5.74) is 2.26. The Bertz CT molecular complexity index is 1270. The van der Waals surface area contributed by atoms with Crippen LogP contribution in [0.5, 0.6) is 0 Å². The summed E-state index contributed by atoms with van der Waals surface area (Å²) in [6.45, 7) is 2.23. The Morgan fingerprint density at radius 2 is 2.23 bits per heavy atom. The van der Waals surface area contributed by atoms with Crippen LogP contribution in [0.3, 0.4) is 0 Å². The SMILES string of the molecule is CC(Cn1ccc(-c2cc(F)c(C#N)c(Cl)c2)n1)NC(=O)c1ccc2[nH]cnc2n1. The van der Waals surface area contributed by atoms with Crippen LogP contribution in [0.4, 0.5) is 4.39 Å². The molecule has 0 fully saturated rings. The van der Waals surface area contributed by atoms with Gasteiger partial charge in [-0.05, 0) is 37.3 Å². The van der Waals surface area contributed by atoms with Gasteiger partial charge in [0.05, 0.1) is 29.1 Å². The Morgan fingerprint density at radius 3 is 3.00 bits per heavy atom. The van der Waals surface area contributed by atoms with Crippen molar-refractivity contribution in [2.24, 2.45) is 0 Å². The number of benzene rings is 1. The Morgan fingerprint density at radius 1 is 1.40 bits per heavy atom. The first-order valence-electron chi connectivity index (χ1n) is 8.98. The van der Waals surface area contributed by atoms with E-state index in [1.807, 2.05) is 6.92 Å². The van der Waals surface area contributed by atoms with Gasteiger partial charge in [0, 0.05) is 17.8 Å². The molecule has 1 unspecified atom stereocenters. The number of H-pyrrole nitrogens is 1. The Labute approximate surface area is 175 Å². The van der Waals surface area contributed by atoms with Crippen molar-refractivity contribution in [3.63, 3.8) is 0 Å². The number of pyridine rings is 1. The normalized spacial score (nSPS) is 11.9. The number of fused-ring (bicyclic) bond motifs is 1. The topological polar surface area (TPSA) is 112 Å². The van der Waals surface area contributed by atoms with Gasteiger partial charge in [-0.1, -0.05) is 11.6 Å². The molecule has 0 bridgehead atoms. The number of aromatic nitrogens is 5. The maximum atomic E-state index is 14.0. The number of rotatable bonds is 5. The zero-order valence-corrected chi connectivity index (χ0v) is 16.5. The van der Waals surface area contributed by atoms with E-state index in [1.54, 1.807) is 35.1 Å². The third-order valence-corrected chi connectivity index (χ3v) is 4.74. The van der Waals surface area contributed by atoms with E-state index in [9.17, 15) is 9.18 Å². The third kappa shape index (κ3) is 3.86. The highest BCUT2D eigenvalue weighted by molar-refractivity contribution is 6.32. The lowest BCUT2D eigenvalue weighted by molar-refractivity contribution is 0.0931. The Hall–Kier alpha value is -3.77. The second kappa shape index (κ2) is 7.93. The third-order valence-electron chi connectivity index (χ3n) is 4.44. The number of carbonyl (C=O) groups is 1. The van der Waals surface area contributed by atoms with Crippen LogP contribution in [0, 0.1) is 17.1 Å². The molecule has 1 atom stereocenters. The smallest absolute Gasteiger partial charge is 0.270 e. The van der Waals surface area contributed by atoms with E-state index in [-0.39, 0.29) is 28.2 Å². The highest BCUT2D eigenvalue weighted by atomic mass is 35.5. The van der Waals surface area contributed by atoms with Crippen molar-refractivity contribution in [2.45, 2.75) is 19.5 Å². The standard InChI is InChI=1S/C20H15ClFN7O/c1-11(26-20(30)18-3-2-17-19(27-18)25-10-24-17)9-29-5-4-16(28-29)12-6-14(21)13(8-23)15(22)7-12/h2-7,10-11H,9H2,1H3,(H,26,30)(H,24,25,27). The van der Waals surface area contributed by atoms with Crippen LogP contribution in [0.25, 0.3) is 22.4 Å². The van der Waals surface area contributed by atoms with Gasteiger partial charge in [-0.2, -0.15) is 10.4 Å². The molecule has 2 N–H and O–H groups in total. The summed E-state index contributed by atoms with van der Waals surface area (Å²) < 4.78 is 15.6. The molecule has 4 aromatic rings. The molecular formula is C20H15ClFN7O. The molecule has 10 heteroatoms. The molecule has 30 heavy (non-hydrogen) atoms. The molecule has 150 valence electrons. The number of carbonyl (C=O) groups excluding carboxylic acids is 1. The first-order chi connectivity index (χ1) is 14.4. The largest absolute Gasteiger partial charge is 0.346 e. The van der Waals surface area contributed by atoms with Crippen molar-refractivity contribution in [1.29, 1.82) is 5.26 Å². The van der Waals surface area contributed by atoms with Crippen LogP contribution in [0.15, 0.2) is 42.9 Å². The second-order valence-electron chi connectivity index (χ2n) is 6.69. The number of nitrogens with one attached hydrogen (secondary N) is 2. The minimum Gasteiger partial charge on any atom is -0.346 e. The van der Waals surface area contributed by atoms with E-state index < -0.39 is 5.82 Å². The van der Waals surface area contributed by atoms with E-state index in [0.717, 1.165) is 5.52 Å². The maximum Gasteiger partial charge on any atom is 0.270 e. The lowest BCUT2D eigenvalue weighted by Crippen LogP contribution is -2.36. The molecule has 3 heterocycles. The molecule has 4 rings (SSSR count). The van der Waals surface area contributed by atoms with Crippen LogP contribution in [-0.2, 0) is 6.54 Å². The Kier molecular flexibility index (Phi) is 5.16. The van der Waals surface area contributed by atoms with Crippen molar-refractivity contribution >= 4 is 28.7 Å². The van der Waals surface area contributed by atoms with Crippen LogP contribution in [0.1, 0.15) is 23.0 Å². The number of nitriles is 1. The highest BCUT2D eigenvalue weighted by Gasteiger charge is 2.15. The fourth-order valence-electron chi connectivity index (χ4n) is 3.02. The fourth-order valence-corrected chi connectivity index (χ4v) is 3.27. The molecule has 1 aromatic carbocycles. The average Bonchev–Trinajstić information content (AvgIpc) is 3.36. The van der Waals surface area contributed by atoms with Crippen LogP contribution < -0.4 is 5.32 Å². The van der Waals surface area contributed by atoms with Gasteiger partial charge in [0.2, 0.25) is 0 Å². The zero-order chi connectivity index (χ0) is 21.3. The molecule has 1 amide bonds. The number of hydrogen-bond acceptors (Lipinski definition) is 5. The molecule has 0 saturated heterocycles. The van der Waals surface area contributed by atoms with Gasteiger partial charge in [-0.3, -0.25) is 9.48 Å². The predicted molar refractivity (Wildman–Crippen MR) is 108 cm³/mol. The molecule has 0 aliphatic heterocycles. The van der Waals surface area contributed by atoms with Gasteiger partial charge in [0.25, 0.3) is 5.91 Å². The maximum absolute atomic E-state index is 14.0. The number of nitrogens with zero attached hydrogens (tertiary/aromatic N) is 5. The Balaban J connectivity index is 1.44. The molecule has 0 aliphatic carbocycles. The first kappa shape index (κ1) is 19.5. The van der Waals surface area contributed by atoms with Crippen LogP contribution >= 0.6 is 11.6 Å². The van der Waals surface area contributed by atoms with E-state index in [1.165, 1.54) is 18.5 Å². The van der Waals surface area contributed by atoms with Crippen molar-refractivity contribution in [3.05, 3.63) is 65.0 Å². The van der Waals surface area contributed by atoms with Gasteiger partial charge in [0.1, 0.15) is 23.1 Å². The van der Waals surface area contributed by atoms with Crippen molar-refractivity contribution in [1.82, 2.24) is 30.0 Å². The van der Waals surface area contributed by atoms with E-state index in [0.29, 0.717) is 23.4 Å². The van der Waals surface area contributed by atoms with Gasteiger partial charge in [0.15, 0.2) is 5.65 Å². The van der Waals surface area contributed by atoms with Gasteiger partial charge in [-0.15, -0.1) is 0 Å². The summed E-state index contributed by atoms with van der Waals surface area (Å²) in [7, 11) is 0.